The maximum Gasteiger partial charge on any atom is 0.360 e. The Bertz CT molecular complexity index is 915. The van der Waals surface area contributed by atoms with Crippen LogP contribution in [0.5, 0.6) is 0 Å². The number of nitrogens with zero attached hydrogens (tertiary/aromatic N) is 3. The first-order valence-corrected chi connectivity index (χ1v) is 7.11. The normalized spacial score (nSPS) is 12.3. The third-order valence-electron chi connectivity index (χ3n) is 3.32. The molecule has 23 heavy (non-hydrogen) atoms. The molecule has 0 saturated carbocycles. The minimum absolute atomic E-state index is 0.0299. The standard InChI is InChI=1S/C15H14N4O4/c1-3-11-16-14(23-19-11)8(2)22-15(21)12-9-6-4-5-7-10(9)13(20)18-17-12/h4-8H,3H2,1-2H3,(H,18,20). The van der Waals surface area contributed by atoms with E-state index in [4.69, 9.17) is 9.26 Å². The topological polar surface area (TPSA) is 111 Å². The van der Waals surface area contributed by atoms with Crippen LogP contribution in [-0.2, 0) is 11.2 Å². The van der Waals surface area contributed by atoms with Gasteiger partial charge in [0.15, 0.2) is 17.6 Å². The molecule has 3 rings (SSSR count). The highest BCUT2D eigenvalue weighted by Crippen LogP contribution is 2.19. The van der Waals surface area contributed by atoms with Gasteiger partial charge in [-0.05, 0) is 13.0 Å². The molecule has 0 spiro atoms. The lowest BCUT2D eigenvalue weighted by Crippen LogP contribution is -2.17. The van der Waals surface area contributed by atoms with E-state index in [1.54, 1.807) is 31.2 Å². The van der Waals surface area contributed by atoms with Crippen LogP contribution in [0.3, 0.4) is 0 Å². The minimum Gasteiger partial charge on any atom is -0.448 e. The van der Waals surface area contributed by atoms with E-state index in [9.17, 15) is 9.59 Å². The SMILES string of the molecule is CCc1noc(C(C)OC(=O)c2n[nH]c(=O)c3ccccc23)n1. The summed E-state index contributed by atoms with van der Waals surface area (Å²) in [6.45, 7) is 3.51. The fourth-order valence-corrected chi connectivity index (χ4v) is 2.11. The second-order valence-corrected chi connectivity index (χ2v) is 4.90. The number of esters is 1. The molecule has 118 valence electrons. The lowest BCUT2D eigenvalue weighted by atomic mass is 10.1. The molecule has 8 nitrogen and oxygen atoms in total. The average Bonchev–Trinajstić information content (AvgIpc) is 3.04. The first-order valence-electron chi connectivity index (χ1n) is 7.11. The van der Waals surface area contributed by atoms with Crippen LogP contribution in [-0.4, -0.2) is 26.3 Å². The number of hydrogen-bond donors (Lipinski definition) is 1. The largest absolute Gasteiger partial charge is 0.448 e. The van der Waals surface area contributed by atoms with Crippen molar-refractivity contribution in [2.24, 2.45) is 0 Å². The van der Waals surface area contributed by atoms with Gasteiger partial charge in [-0.2, -0.15) is 10.1 Å². The predicted molar refractivity (Wildman–Crippen MR) is 79.9 cm³/mol. The Morgan fingerprint density at radius 3 is 2.78 bits per heavy atom. The van der Waals surface area contributed by atoms with Gasteiger partial charge in [0.25, 0.3) is 11.4 Å². The predicted octanol–water partition coefficient (Wildman–Crippen LogP) is 1.79. The Morgan fingerprint density at radius 2 is 2.09 bits per heavy atom. The molecule has 1 aromatic carbocycles. The number of benzene rings is 1. The molecule has 0 fully saturated rings. The van der Waals surface area contributed by atoms with Crippen LogP contribution in [0.1, 0.15) is 42.2 Å². The summed E-state index contributed by atoms with van der Waals surface area (Å²) in [5.41, 5.74) is -0.336. The number of hydrogen-bond acceptors (Lipinski definition) is 7. The molecule has 1 atom stereocenters. The first kappa shape index (κ1) is 14.9. The lowest BCUT2D eigenvalue weighted by molar-refractivity contribution is 0.0260. The summed E-state index contributed by atoms with van der Waals surface area (Å²) < 4.78 is 10.4. The van der Waals surface area contributed by atoms with Crippen molar-refractivity contribution in [2.45, 2.75) is 26.4 Å². The number of carbonyl (C=O) groups excluding carboxylic acids is 1. The van der Waals surface area contributed by atoms with E-state index in [2.05, 4.69) is 20.3 Å². The van der Waals surface area contributed by atoms with Crippen LogP contribution < -0.4 is 5.56 Å². The summed E-state index contributed by atoms with van der Waals surface area (Å²) in [4.78, 5) is 28.2. The molecule has 3 aromatic rings. The fourth-order valence-electron chi connectivity index (χ4n) is 2.11. The van der Waals surface area contributed by atoms with Gasteiger partial charge in [0.1, 0.15) is 0 Å². The number of fused-ring (bicyclic) bond motifs is 1. The molecular weight excluding hydrogens is 300 g/mol. The number of carbonyl (C=O) groups is 1. The number of H-pyrrole nitrogens is 1. The van der Waals surface area contributed by atoms with E-state index >= 15 is 0 Å². The van der Waals surface area contributed by atoms with E-state index < -0.39 is 12.1 Å². The number of nitrogens with one attached hydrogen (secondary N) is 1. The molecule has 0 radical (unpaired) electrons. The quantitative estimate of drug-likeness (QED) is 0.731. The van der Waals surface area contributed by atoms with Crippen LogP contribution in [0, 0.1) is 0 Å². The van der Waals surface area contributed by atoms with Gasteiger partial charge < -0.3 is 9.26 Å². The Balaban J connectivity index is 1.89. The van der Waals surface area contributed by atoms with Crippen LogP contribution in [0.15, 0.2) is 33.6 Å². The molecule has 0 saturated heterocycles. The number of aromatic nitrogens is 4. The Kier molecular flexibility index (Phi) is 3.88. The minimum atomic E-state index is -0.720. The van der Waals surface area contributed by atoms with E-state index in [1.807, 2.05) is 6.92 Å². The van der Waals surface area contributed by atoms with Crippen LogP contribution in [0.2, 0.25) is 0 Å². The lowest BCUT2D eigenvalue weighted by Gasteiger charge is -2.09. The first-order chi connectivity index (χ1) is 11.1. The Labute approximate surface area is 130 Å². The van der Waals surface area contributed by atoms with Crippen molar-refractivity contribution in [1.29, 1.82) is 0 Å². The van der Waals surface area contributed by atoms with Crippen molar-refractivity contribution >= 4 is 16.7 Å². The molecule has 2 heterocycles. The number of aromatic amines is 1. The van der Waals surface area contributed by atoms with Crippen molar-refractivity contribution in [3.8, 4) is 0 Å². The highest BCUT2D eigenvalue weighted by Gasteiger charge is 2.22. The van der Waals surface area contributed by atoms with Crippen LogP contribution in [0.25, 0.3) is 10.8 Å². The summed E-state index contributed by atoms with van der Waals surface area (Å²) in [7, 11) is 0. The van der Waals surface area contributed by atoms with Gasteiger partial charge >= 0.3 is 5.97 Å². The van der Waals surface area contributed by atoms with Crippen molar-refractivity contribution < 1.29 is 14.1 Å². The average molecular weight is 314 g/mol. The molecule has 0 aliphatic heterocycles. The van der Waals surface area contributed by atoms with Gasteiger partial charge in [-0.25, -0.2) is 9.89 Å². The van der Waals surface area contributed by atoms with Gasteiger partial charge in [0.05, 0.1) is 5.39 Å². The highest BCUT2D eigenvalue weighted by atomic mass is 16.6. The summed E-state index contributed by atoms with van der Waals surface area (Å²) in [6.07, 6.45) is -0.0983. The molecule has 0 aliphatic carbocycles. The van der Waals surface area contributed by atoms with Gasteiger partial charge in [-0.1, -0.05) is 30.3 Å². The third-order valence-corrected chi connectivity index (χ3v) is 3.32. The van der Waals surface area contributed by atoms with Gasteiger partial charge in [-0.15, -0.1) is 0 Å². The summed E-state index contributed by atoms with van der Waals surface area (Å²) in [6, 6.07) is 6.68. The van der Waals surface area contributed by atoms with Crippen molar-refractivity contribution in [3.05, 3.63) is 52.0 Å². The van der Waals surface area contributed by atoms with E-state index in [0.717, 1.165) is 0 Å². The molecular formula is C15H14N4O4. The maximum absolute atomic E-state index is 12.3. The molecule has 2 aromatic heterocycles. The second-order valence-electron chi connectivity index (χ2n) is 4.90. The van der Waals surface area contributed by atoms with Gasteiger partial charge in [-0.3, -0.25) is 4.79 Å². The molecule has 0 amide bonds. The van der Waals surface area contributed by atoms with E-state index in [0.29, 0.717) is 23.0 Å². The Morgan fingerprint density at radius 1 is 1.35 bits per heavy atom. The molecule has 0 bridgehead atoms. The Hall–Kier alpha value is -3.03. The van der Waals surface area contributed by atoms with Crippen LogP contribution in [0.4, 0.5) is 0 Å². The zero-order chi connectivity index (χ0) is 16.4. The molecule has 0 aliphatic rings. The zero-order valence-electron chi connectivity index (χ0n) is 12.6. The number of aryl methyl sites for hydroxylation is 1. The van der Waals surface area contributed by atoms with Gasteiger partial charge in [0, 0.05) is 11.8 Å². The number of ether oxygens (including phenoxy) is 1. The maximum atomic E-state index is 12.3. The van der Waals surface area contributed by atoms with Crippen molar-refractivity contribution in [1.82, 2.24) is 20.3 Å². The van der Waals surface area contributed by atoms with Crippen molar-refractivity contribution in [2.75, 3.05) is 0 Å². The van der Waals surface area contributed by atoms with Crippen molar-refractivity contribution in [3.63, 3.8) is 0 Å². The fraction of sp³-hybridized carbons (Fsp3) is 0.267. The zero-order valence-corrected chi connectivity index (χ0v) is 12.6. The van der Waals surface area contributed by atoms with E-state index in [1.165, 1.54) is 0 Å². The van der Waals surface area contributed by atoms with E-state index in [-0.39, 0.29) is 17.1 Å². The van der Waals surface area contributed by atoms with Gasteiger partial charge in [0.2, 0.25) is 0 Å². The highest BCUT2D eigenvalue weighted by molar-refractivity contribution is 6.02. The summed E-state index contributed by atoms with van der Waals surface area (Å²) >= 11 is 0. The summed E-state index contributed by atoms with van der Waals surface area (Å²) in [5, 5.41) is 10.6. The second kappa shape index (κ2) is 5.99. The monoisotopic (exact) mass is 314 g/mol. The molecule has 1 unspecified atom stereocenters. The number of rotatable bonds is 4. The third kappa shape index (κ3) is 2.83. The van der Waals surface area contributed by atoms with Crippen LogP contribution >= 0.6 is 0 Å². The molecule has 1 N–H and O–H groups in total. The molecule has 8 heteroatoms. The summed E-state index contributed by atoms with van der Waals surface area (Å²) in [5.74, 6) is 0.0700. The smallest absolute Gasteiger partial charge is 0.360 e.